The number of allylic oxidation sites excluding steroid dienone is 1. The second-order valence-corrected chi connectivity index (χ2v) is 6.68. The van der Waals surface area contributed by atoms with Crippen LogP contribution in [0.25, 0.3) is 0 Å². The molecular weight excluding hydrogens is 381 g/mol. The van der Waals surface area contributed by atoms with Crippen LogP contribution in [0.1, 0.15) is 16.8 Å². The summed E-state index contributed by atoms with van der Waals surface area (Å²) in [5.74, 6) is -2.19. The van der Waals surface area contributed by atoms with Crippen LogP contribution >= 0.6 is 23.1 Å². The molecule has 0 saturated heterocycles. The minimum atomic E-state index is -2.35. The molecule has 0 radical (unpaired) electrons. The van der Waals surface area contributed by atoms with Crippen LogP contribution < -0.4 is 5.32 Å². The van der Waals surface area contributed by atoms with Crippen LogP contribution in [-0.4, -0.2) is 26.8 Å². The maximum absolute atomic E-state index is 12.7. The molecule has 12 heteroatoms. The predicted molar refractivity (Wildman–Crippen MR) is 86.6 cm³/mol. The standard InChI is InChI=1S/C13H9F3N4O3S2/c14-8(10(15)16)5-6-24-13-19-18-12(25-13)17-11(21)7-3-1-2-4-9(7)20(22)23/h1-4H,5-6H2,(H,17,18,21). The number of aromatic nitrogens is 2. The SMILES string of the molecule is O=C(Nc1nnc(SCCC(F)=C(F)F)s1)c1ccccc1[N+](=O)[O-]. The fourth-order valence-corrected chi connectivity index (χ4v) is 3.38. The normalized spacial score (nSPS) is 10.4. The van der Waals surface area contributed by atoms with E-state index in [-0.39, 0.29) is 22.1 Å². The fraction of sp³-hybridized carbons (Fsp3) is 0.154. The van der Waals surface area contributed by atoms with Gasteiger partial charge < -0.3 is 0 Å². The van der Waals surface area contributed by atoms with E-state index < -0.39 is 29.2 Å². The molecule has 1 heterocycles. The summed E-state index contributed by atoms with van der Waals surface area (Å²) >= 11 is 1.94. The number of benzene rings is 1. The van der Waals surface area contributed by atoms with Crippen molar-refractivity contribution in [3.63, 3.8) is 0 Å². The summed E-state index contributed by atoms with van der Waals surface area (Å²) in [4.78, 5) is 22.3. The number of amides is 1. The van der Waals surface area contributed by atoms with Crippen molar-refractivity contribution in [1.82, 2.24) is 10.2 Å². The van der Waals surface area contributed by atoms with E-state index >= 15 is 0 Å². The maximum atomic E-state index is 12.7. The van der Waals surface area contributed by atoms with Crippen LogP contribution in [0.4, 0.5) is 24.0 Å². The largest absolute Gasteiger partial charge is 0.301 e. The third-order valence-electron chi connectivity index (χ3n) is 2.72. The molecule has 0 unspecified atom stereocenters. The summed E-state index contributed by atoms with van der Waals surface area (Å²) in [6.45, 7) is 0. The summed E-state index contributed by atoms with van der Waals surface area (Å²) in [5, 5.41) is 20.8. The molecule has 1 amide bonds. The Morgan fingerprint density at radius 1 is 1.28 bits per heavy atom. The molecule has 2 aromatic rings. The van der Waals surface area contributed by atoms with E-state index in [9.17, 15) is 28.1 Å². The van der Waals surface area contributed by atoms with E-state index in [0.29, 0.717) is 4.34 Å². The van der Waals surface area contributed by atoms with Gasteiger partial charge >= 0.3 is 6.08 Å². The number of carbonyl (C=O) groups excluding carboxylic acids is 1. The minimum absolute atomic E-state index is 0.0237. The second kappa shape index (κ2) is 8.58. The first-order valence-corrected chi connectivity index (χ1v) is 8.39. The molecule has 0 aliphatic carbocycles. The zero-order chi connectivity index (χ0) is 18.4. The van der Waals surface area contributed by atoms with Crippen LogP contribution in [0.3, 0.4) is 0 Å². The predicted octanol–water partition coefficient (Wildman–Crippen LogP) is 4.26. The van der Waals surface area contributed by atoms with Crippen LogP contribution in [0.5, 0.6) is 0 Å². The number of carbonyl (C=O) groups is 1. The number of para-hydroxylation sites is 1. The highest BCUT2D eigenvalue weighted by atomic mass is 32.2. The average molecular weight is 390 g/mol. The molecule has 0 aliphatic rings. The van der Waals surface area contributed by atoms with E-state index in [1.54, 1.807) is 0 Å². The second-order valence-electron chi connectivity index (χ2n) is 4.37. The monoisotopic (exact) mass is 390 g/mol. The van der Waals surface area contributed by atoms with Crippen molar-refractivity contribution in [3.05, 3.63) is 51.9 Å². The lowest BCUT2D eigenvalue weighted by Gasteiger charge is -2.01. The van der Waals surface area contributed by atoms with Gasteiger partial charge in [0, 0.05) is 18.2 Å². The van der Waals surface area contributed by atoms with Gasteiger partial charge in [-0.2, -0.15) is 8.78 Å². The molecule has 0 spiro atoms. The minimum Gasteiger partial charge on any atom is -0.296 e. The molecule has 0 saturated carbocycles. The Morgan fingerprint density at radius 3 is 2.68 bits per heavy atom. The summed E-state index contributed by atoms with van der Waals surface area (Å²) in [7, 11) is 0. The van der Waals surface area contributed by atoms with Crippen molar-refractivity contribution in [3.8, 4) is 0 Å². The number of nitrogens with one attached hydrogen (secondary N) is 1. The smallest absolute Gasteiger partial charge is 0.296 e. The van der Waals surface area contributed by atoms with Gasteiger partial charge in [-0.15, -0.1) is 10.2 Å². The fourth-order valence-electron chi connectivity index (χ4n) is 1.63. The van der Waals surface area contributed by atoms with Gasteiger partial charge in [0.25, 0.3) is 11.6 Å². The number of nitrogens with zero attached hydrogens (tertiary/aromatic N) is 3. The number of halogens is 3. The number of hydrogen-bond donors (Lipinski definition) is 1. The molecule has 0 fully saturated rings. The van der Waals surface area contributed by atoms with E-state index in [1.807, 2.05) is 0 Å². The van der Waals surface area contributed by atoms with Gasteiger partial charge in [-0.3, -0.25) is 20.2 Å². The van der Waals surface area contributed by atoms with Crippen molar-refractivity contribution in [2.75, 3.05) is 11.1 Å². The van der Waals surface area contributed by atoms with Gasteiger partial charge in [0.05, 0.1) is 4.92 Å². The molecule has 1 aromatic carbocycles. The van der Waals surface area contributed by atoms with Crippen LogP contribution in [0.15, 0.2) is 40.5 Å². The summed E-state index contributed by atoms with van der Waals surface area (Å²) in [5.41, 5.74) is -0.489. The van der Waals surface area contributed by atoms with Crippen LogP contribution in [0.2, 0.25) is 0 Å². The van der Waals surface area contributed by atoms with Gasteiger partial charge in [0.2, 0.25) is 5.13 Å². The van der Waals surface area contributed by atoms with E-state index in [2.05, 4.69) is 15.5 Å². The third-order valence-corrected chi connectivity index (χ3v) is 4.70. The molecule has 1 aromatic heterocycles. The van der Waals surface area contributed by atoms with Gasteiger partial charge in [-0.1, -0.05) is 35.2 Å². The number of nitro groups is 1. The Balaban J connectivity index is 1.98. The first-order valence-electron chi connectivity index (χ1n) is 6.59. The Bertz CT molecular complexity index is 824. The van der Waals surface area contributed by atoms with Crippen molar-refractivity contribution in [1.29, 1.82) is 0 Å². The van der Waals surface area contributed by atoms with E-state index in [0.717, 1.165) is 23.1 Å². The maximum Gasteiger partial charge on any atom is 0.301 e. The first-order chi connectivity index (χ1) is 11.9. The number of hydrogen-bond acceptors (Lipinski definition) is 7. The van der Waals surface area contributed by atoms with Crippen LogP contribution in [-0.2, 0) is 0 Å². The molecule has 132 valence electrons. The Morgan fingerprint density at radius 2 is 2.00 bits per heavy atom. The number of thioether (sulfide) groups is 1. The van der Waals surface area contributed by atoms with Crippen molar-refractivity contribution >= 4 is 39.8 Å². The molecule has 25 heavy (non-hydrogen) atoms. The first kappa shape index (κ1) is 18.9. The molecule has 1 N–H and O–H groups in total. The highest BCUT2D eigenvalue weighted by Gasteiger charge is 2.20. The van der Waals surface area contributed by atoms with Crippen LogP contribution in [0, 0.1) is 10.1 Å². The Hall–Kier alpha value is -2.47. The molecule has 2 rings (SSSR count). The number of nitro benzene ring substituents is 1. The quantitative estimate of drug-likeness (QED) is 0.328. The average Bonchev–Trinajstić information content (AvgIpc) is 3.01. The van der Waals surface area contributed by atoms with Gasteiger partial charge in [-0.25, -0.2) is 4.39 Å². The Kier molecular flexibility index (Phi) is 6.47. The lowest BCUT2D eigenvalue weighted by atomic mass is 10.1. The lowest BCUT2D eigenvalue weighted by molar-refractivity contribution is -0.385. The molecule has 0 atom stereocenters. The molecule has 0 bridgehead atoms. The summed E-state index contributed by atoms with van der Waals surface area (Å²) in [6, 6.07) is 5.41. The van der Waals surface area contributed by atoms with Gasteiger partial charge in [0.15, 0.2) is 10.2 Å². The zero-order valence-corrected chi connectivity index (χ0v) is 13.9. The van der Waals surface area contributed by atoms with E-state index in [1.165, 1.54) is 24.3 Å². The van der Waals surface area contributed by atoms with Crippen molar-refractivity contribution < 1.29 is 22.9 Å². The highest BCUT2D eigenvalue weighted by molar-refractivity contribution is 8.01. The van der Waals surface area contributed by atoms with Crippen molar-refractivity contribution in [2.45, 2.75) is 10.8 Å². The lowest BCUT2D eigenvalue weighted by Crippen LogP contribution is -2.13. The highest BCUT2D eigenvalue weighted by Crippen LogP contribution is 2.28. The number of anilines is 1. The number of rotatable bonds is 7. The molecule has 7 nitrogen and oxygen atoms in total. The zero-order valence-electron chi connectivity index (χ0n) is 12.2. The van der Waals surface area contributed by atoms with Crippen molar-refractivity contribution in [2.24, 2.45) is 0 Å². The van der Waals surface area contributed by atoms with E-state index in [4.69, 9.17) is 0 Å². The molecule has 0 aliphatic heterocycles. The molecular formula is C13H9F3N4O3S2. The topological polar surface area (TPSA) is 98.0 Å². The Labute approximate surface area is 147 Å². The summed E-state index contributed by atoms with van der Waals surface area (Å²) in [6.07, 6.45) is -2.81. The third kappa shape index (κ3) is 5.26. The van der Waals surface area contributed by atoms with Gasteiger partial charge in [0.1, 0.15) is 5.56 Å². The summed E-state index contributed by atoms with van der Waals surface area (Å²) < 4.78 is 36.9. The van der Waals surface area contributed by atoms with Gasteiger partial charge in [-0.05, 0) is 6.07 Å².